The van der Waals surface area contributed by atoms with E-state index >= 15 is 0 Å². The lowest BCUT2D eigenvalue weighted by molar-refractivity contribution is 0.388. The van der Waals surface area contributed by atoms with Crippen LogP contribution in [0.5, 0.6) is 0 Å². The monoisotopic (exact) mass is 281 g/mol. The molecule has 2 aromatic heterocycles. The third kappa shape index (κ3) is 2.06. The van der Waals surface area contributed by atoms with Crippen molar-refractivity contribution in [3.63, 3.8) is 0 Å². The van der Waals surface area contributed by atoms with E-state index in [2.05, 4.69) is 15.2 Å². The molecule has 1 saturated heterocycles. The number of hydrogen-bond donors (Lipinski definition) is 1. The number of aromatic nitrogens is 4. The van der Waals surface area contributed by atoms with E-state index in [9.17, 15) is 8.42 Å². The standard InChI is InChI=1S/C11H15N5O2S/c1-15-7-11(12-8-15)19(17,18)16-6-2-3-10(16)9-4-5-13-14-9/h4-5,7-8,10H,2-3,6H2,1H3,(H,13,14)/t10-/m0/s1. The van der Waals surface area contributed by atoms with E-state index in [1.807, 2.05) is 6.07 Å². The lowest BCUT2D eigenvalue weighted by Crippen LogP contribution is -2.31. The lowest BCUT2D eigenvalue weighted by atomic mass is 10.2. The molecule has 0 amide bonds. The average molecular weight is 281 g/mol. The molecule has 1 N–H and O–H groups in total. The van der Waals surface area contributed by atoms with Crippen LogP contribution < -0.4 is 0 Å². The fourth-order valence-corrected chi connectivity index (χ4v) is 4.08. The van der Waals surface area contributed by atoms with Crippen LogP contribution >= 0.6 is 0 Å². The SMILES string of the molecule is Cn1cnc(S(=O)(=O)N2CCC[C@H]2c2ccn[nH]2)c1. The molecule has 0 radical (unpaired) electrons. The molecule has 1 aliphatic rings. The van der Waals surface area contributed by atoms with E-state index in [4.69, 9.17) is 0 Å². The zero-order valence-corrected chi connectivity index (χ0v) is 11.3. The Bertz CT molecular complexity index is 661. The first-order valence-corrected chi connectivity index (χ1v) is 7.52. The van der Waals surface area contributed by atoms with Gasteiger partial charge in [-0.25, -0.2) is 13.4 Å². The molecular formula is C11H15N5O2S. The number of rotatable bonds is 3. The van der Waals surface area contributed by atoms with Crippen LogP contribution in [0.25, 0.3) is 0 Å². The third-order valence-corrected chi connectivity index (χ3v) is 5.13. The Labute approximate surface area is 111 Å². The summed E-state index contributed by atoms with van der Waals surface area (Å²) in [5.41, 5.74) is 0.831. The van der Waals surface area contributed by atoms with Gasteiger partial charge in [0.1, 0.15) is 0 Å². The Balaban J connectivity index is 1.96. The second-order valence-corrected chi connectivity index (χ2v) is 6.50. The van der Waals surface area contributed by atoms with Crippen LogP contribution in [0.15, 0.2) is 29.8 Å². The summed E-state index contributed by atoms with van der Waals surface area (Å²) in [5, 5.41) is 6.85. The second-order valence-electron chi connectivity index (χ2n) is 4.66. The number of hydrogen-bond acceptors (Lipinski definition) is 4. The number of imidazole rings is 1. The minimum atomic E-state index is -3.54. The number of sulfonamides is 1. The van der Waals surface area contributed by atoms with Crippen LogP contribution in [-0.2, 0) is 17.1 Å². The molecule has 1 atom stereocenters. The van der Waals surface area contributed by atoms with Gasteiger partial charge in [-0.1, -0.05) is 0 Å². The highest BCUT2D eigenvalue weighted by Gasteiger charge is 2.37. The normalized spacial score (nSPS) is 21.0. The highest BCUT2D eigenvalue weighted by Crippen LogP contribution is 2.34. The highest BCUT2D eigenvalue weighted by molar-refractivity contribution is 7.89. The average Bonchev–Trinajstić information content (AvgIpc) is 3.09. The zero-order valence-electron chi connectivity index (χ0n) is 10.5. The summed E-state index contributed by atoms with van der Waals surface area (Å²) in [6.07, 6.45) is 6.30. The molecule has 102 valence electrons. The van der Waals surface area contributed by atoms with Crippen molar-refractivity contribution in [1.82, 2.24) is 24.1 Å². The number of aromatic amines is 1. The Hall–Kier alpha value is -1.67. The summed E-state index contributed by atoms with van der Waals surface area (Å²) in [6.45, 7) is 0.516. The van der Waals surface area contributed by atoms with Gasteiger partial charge in [-0.05, 0) is 18.9 Å². The molecule has 3 rings (SSSR count). The van der Waals surface area contributed by atoms with Crippen molar-refractivity contribution >= 4 is 10.0 Å². The van der Waals surface area contributed by atoms with Crippen LogP contribution in [0.1, 0.15) is 24.6 Å². The zero-order chi connectivity index (χ0) is 13.5. The predicted octanol–water partition coefficient (Wildman–Crippen LogP) is 0.669. The van der Waals surface area contributed by atoms with Crippen LogP contribution in [-0.4, -0.2) is 39.0 Å². The van der Waals surface area contributed by atoms with E-state index in [-0.39, 0.29) is 11.1 Å². The molecule has 0 saturated carbocycles. The first-order chi connectivity index (χ1) is 9.09. The maximum absolute atomic E-state index is 12.6. The molecular weight excluding hydrogens is 266 g/mol. The Morgan fingerprint density at radius 3 is 2.95 bits per heavy atom. The molecule has 0 unspecified atom stereocenters. The van der Waals surface area contributed by atoms with Crippen LogP contribution in [0, 0.1) is 0 Å². The van der Waals surface area contributed by atoms with Crippen molar-refractivity contribution in [2.75, 3.05) is 6.54 Å². The first kappa shape index (κ1) is 12.4. The first-order valence-electron chi connectivity index (χ1n) is 6.08. The van der Waals surface area contributed by atoms with Gasteiger partial charge in [0.15, 0.2) is 5.03 Å². The summed E-state index contributed by atoms with van der Waals surface area (Å²) in [5.74, 6) is 0. The number of nitrogens with one attached hydrogen (secondary N) is 1. The van der Waals surface area contributed by atoms with Crippen LogP contribution in [0.4, 0.5) is 0 Å². The highest BCUT2D eigenvalue weighted by atomic mass is 32.2. The summed E-state index contributed by atoms with van der Waals surface area (Å²) in [7, 11) is -1.79. The molecule has 8 heteroatoms. The molecule has 1 aliphatic heterocycles. The van der Waals surface area contributed by atoms with Crippen molar-refractivity contribution in [3.8, 4) is 0 Å². The van der Waals surface area contributed by atoms with Gasteiger partial charge < -0.3 is 4.57 Å². The van der Waals surface area contributed by atoms with Gasteiger partial charge in [-0.15, -0.1) is 0 Å². The summed E-state index contributed by atoms with van der Waals surface area (Å²) in [4.78, 5) is 3.96. The van der Waals surface area contributed by atoms with Crippen molar-refractivity contribution in [3.05, 3.63) is 30.5 Å². The number of H-pyrrole nitrogens is 1. The molecule has 0 aliphatic carbocycles. The van der Waals surface area contributed by atoms with E-state index in [0.717, 1.165) is 18.5 Å². The predicted molar refractivity (Wildman–Crippen MR) is 67.7 cm³/mol. The van der Waals surface area contributed by atoms with Crippen molar-refractivity contribution in [2.45, 2.75) is 23.9 Å². The molecule has 0 spiro atoms. The Morgan fingerprint density at radius 1 is 1.47 bits per heavy atom. The van der Waals surface area contributed by atoms with Crippen LogP contribution in [0.3, 0.4) is 0 Å². The van der Waals surface area contributed by atoms with Gasteiger partial charge in [0.25, 0.3) is 10.0 Å². The fourth-order valence-electron chi connectivity index (χ4n) is 2.43. The lowest BCUT2D eigenvalue weighted by Gasteiger charge is -2.21. The third-order valence-electron chi connectivity index (χ3n) is 3.34. The van der Waals surface area contributed by atoms with E-state index < -0.39 is 10.0 Å². The Morgan fingerprint density at radius 2 is 2.32 bits per heavy atom. The molecule has 19 heavy (non-hydrogen) atoms. The van der Waals surface area contributed by atoms with Gasteiger partial charge in [-0.2, -0.15) is 9.40 Å². The second kappa shape index (κ2) is 4.46. The van der Waals surface area contributed by atoms with Gasteiger partial charge in [0, 0.05) is 26.0 Å². The maximum atomic E-state index is 12.6. The largest absolute Gasteiger partial charge is 0.339 e. The van der Waals surface area contributed by atoms with E-state index in [1.54, 1.807) is 17.8 Å². The van der Waals surface area contributed by atoms with Gasteiger partial charge in [-0.3, -0.25) is 5.10 Å². The molecule has 1 fully saturated rings. The van der Waals surface area contributed by atoms with Gasteiger partial charge >= 0.3 is 0 Å². The quantitative estimate of drug-likeness (QED) is 0.896. The van der Waals surface area contributed by atoms with Gasteiger partial charge in [0.2, 0.25) is 0 Å². The molecule has 7 nitrogen and oxygen atoms in total. The van der Waals surface area contributed by atoms with Crippen LogP contribution in [0.2, 0.25) is 0 Å². The molecule has 3 heterocycles. The Kier molecular flexibility index (Phi) is 2.90. The van der Waals surface area contributed by atoms with Crippen molar-refractivity contribution < 1.29 is 8.42 Å². The summed E-state index contributed by atoms with van der Waals surface area (Å²) >= 11 is 0. The minimum Gasteiger partial charge on any atom is -0.339 e. The van der Waals surface area contributed by atoms with Crippen molar-refractivity contribution in [2.24, 2.45) is 7.05 Å². The topological polar surface area (TPSA) is 83.9 Å². The minimum absolute atomic E-state index is 0.0985. The molecule has 2 aromatic rings. The van der Waals surface area contributed by atoms with E-state index in [1.165, 1.54) is 16.8 Å². The molecule has 0 bridgehead atoms. The smallest absolute Gasteiger partial charge is 0.262 e. The maximum Gasteiger partial charge on any atom is 0.262 e. The number of nitrogens with zero attached hydrogens (tertiary/aromatic N) is 4. The van der Waals surface area contributed by atoms with Crippen molar-refractivity contribution in [1.29, 1.82) is 0 Å². The number of aryl methyl sites for hydroxylation is 1. The molecule has 0 aromatic carbocycles. The fraction of sp³-hybridized carbons (Fsp3) is 0.455. The van der Waals surface area contributed by atoms with Gasteiger partial charge in [0.05, 0.1) is 18.1 Å². The summed E-state index contributed by atoms with van der Waals surface area (Å²) < 4.78 is 28.3. The van der Waals surface area contributed by atoms with E-state index in [0.29, 0.717) is 6.54 Å². The summed E-state index contributed by atoms with van der Waals surface area (Å²) in [6, 6.07) is 1.64.